The van der Waals surface area contributed by atoms with Crippen molar-refractivity contribution in [3.05, 3.63) is 24.0 Å². The molecule has 2 rings (SSSR count). The molecule has 1 heterocycles. The van der Waals surface area contributed by atoms with Gasteiger partial charge in [0.05, 0.1) is 15.9 Å². The summed E-state index contributed by atoms with van der Waals surface area (Å²) in [6, 6.07) is 5.26. The van der Waals surface area contributed by atoms with Crippen LogP contribution >= 0.6 is 0 Å². The van der Waals surface area contributed by atoms with Gasteiger partial charge in [0.1, 0.15) is 5.82 Å². The van der Waals surface area contributed by atoms with Crippen LogP contribution in [0, 0.1) is 0 Å². The van der Waals surface area contributed by atoms with Gasteiger partial charge in [-0.1, -0.05) is 33.6 Å². The summed E-state index contributed by atoms with van der Waals surface area (Å²) in [6.45, 7) is 11.6. The standard InChI is InChI=1S/C23H38N4O3S/c1-7-10-11-16-27(18(4)5)23(28)15-14-22-24-20-17-19(12-13-21(20)25(22)6)31(29,30)26(8-2)9-3/h12-13,17-18H,7-11,14-16H2,1-6H3. The third-order valence-corrected chi connectivity index (χ3v) is 7.84. The molecule has 0 aliphatic carbocycles. The second-order valence-corrected chi connectivity index (χ2v) is 10.2. The molecule has 174 valence electrons. The molecule has 0 unspecified atom stereocenters. The molecule has 0 bridgehead atoms. The number of aryl methyl sites for hydroxylation is 2. The highest BCUT2D eigenvalue weighted by atomic mass is 32.2. The number of aromatic nitrogens is 2. The Labute approximate surface area is 187 Å². The SMILES string of the molecule is CCCCCN(C(=O)CCc1nc2cc(S(=O)(=O)N(CC)CC)ccc2n1C)C(C)C. The highest BCUT2D eigenvalue weighted by Crippen LogP contribution is 2.23. The zero-order valence-electron chi connectivity index (χ0n) is 19.9. The smallest absolute Gasteiger partial charge is 0.243 e. The number of carbonyl (C=O) groups is 1. The Balaban J connectivity index is 2.20. The number of benzene rings is 1. The maximum absolute atomic E-state index is 12.8. The lowest BCUT2D eigenvalue weighted by atomic mass is 10.2. The van der Waals surface area contributed by atoms with E-state index in [1.807, 2.05) is 30.4 Å². The summed E-state index contributed by atoms with van der Waals surface area (Å²) in [5.74, 6) is 0.931. The van der Waals surface area contributed by atoms with Crippen LogP contribution in [-0.2, 0) is 28.3 Å². The van der Waals surface area contributed by atoms with Gasteiger partial charge < -0.3 is 9.47 Å². The molecular weight excluding hydrogens is 412 g/mol. The number of hydrogen-bond acceptors (Lipinski definition) is 4. The minimum atomic E-state index is -3.53. The third kappa shape index (κ3) is 5.86. The maximum Gasteiger partial charge on any atom is 0.243 e. The largest absolute Gasteiger partial charge is 0.340 e. The number of rotatable bonds is 12. The van der Waals surface area contributed by atoms with E-state index in [1.54, 1.807) is 18.2 Å². The van der Waals surface area contributed by atoms with E-state index in [0.29, 0.717) is 31.4 Å². The minimum absolute atomic E-state index is 0.142. The Kier molecular flexibility index (Phi) is 9.06. The number of nitrogens with zero attached hydrogens (tertiary/aromatic N) is 4. The molecule has 31 heavy (non-hydrogen) atoms. The van der Waals surface area contributed by atoms with Crippen LogP contribution in [0.1, 0.15) is 66.1 Å². The van der Waals surface area contributed by atoms with Crippen molar-refractivity contribution >= 4 is 27.0 Å². The van der Waals surface area contributed by atoms with Gasteiger partial charge in [-0.25, -0.2) is 13.4 Å². The third-order valence-electron chi connectivity index (χ3n) is 5.80. The van der Waals surface area contributed by atoms with Gasteiger partial charge in [-0.3, -0.25) is 4.79 Å². The number of amides is 1. The minimum Gasteiger partial charge on any atom is -0.340 e. The second kappa shape index (κ2) is 11.1. The highest BCUT2D eigenvalue weighted by molar-refractivity contribution is 7.89. The number of fused-ring (bicyclic) bond motifs is 1. The average molecular weight is 451 g/mol. The van der Waals surface area contributed by atoms with Crippen LogP contribution in [0.4, 0.5) is 0 Å². The van der Waals surface area contributed by atoms with Crippen LogP contribution in [0.25, 0.3) is 11.0 Å². The quantitative estimate of drug-likeness (QED) is 0.459. The van der Waals surface area contributed by atoms with Crippen molar-refractivity contribution in [1.29, 1.82) is 0 Å². The van der Waals surface area contributed by atoms with Crippen molar-refractivity contribution in [2.45, 2.75) is 77.7 Å². The number of sulfonamides is 1. The molecule has 1 amide bonds. The first-order valence-corrected chi connectivity index (χ1v) is 12.9. The lowest BCUT2D eigenvalue weighted by molar-refractivity contribution is -0.133. The van der Waals surface area contributed by atoms with Gasteiger partial charge >= 0.3 is 0 Å². The zero-order valence-corrected chi connectivity index (χ0v) is 20.7. The Bertz CT molecular complexity index is 978. The van der Waals surface area contributed by atoms with Crippen LogP contribution in [-0.4, -0.2) is 58.8 Å². The van der Waals surface area contributed by atoms with Gasteiger partial charge in [-0.15, -0.1) is 0 Å². The molecule has 2 aromatic rings. The summed E-state index contributed by atoms with van der Waals surface area (Å²) in [5, 5.41) is 0. The fourth-order valence-electron chi connectivity index (χ4n) is 3.89. The first-order valence-electron chi connectivity index (χ1n) is 11.4. The molecule has 0 saturated carbocycles. The molecule has 1 aromatic heterocycles. The number of imidazole rings is 1. The van der Waals surface area contributed by atoms with Crippen LogP contribution in [0.3, 0.4) is 0 Å². The molecule has 8 heteroatoms. The monoisotopic (exact) mass is 450 g/mol. The van der Waals surface area contributed by atoms with Crippen LogP contribution in [0.5, 0.6) is 0 Å². The summed E-state index contributed by atoms with van der Waals surface area (Å²) in [5.41, 5.74) is 1.51. The molecule has 0 radical (unpaired) electrons. The molecule has 0 fully saturated rings. The lowest BCUT2D eigenvalue weighted by Crippen LogP contribution is -2.37. The number of carbonyl (C=O) groups excluding carboxylic acids is 1. The Morgan fingerprint density at radius 1 is 1.13 bits per heavy atom. The normalized spacial score (nSPS) is 12.3. The van der Waals surface area contributed by atoms with Gasteiger partial charge in [-0.2, -0.15) is 4.31 Å². The van der Waals surface area contributed by atoms with Crippen molar-refractivity contribution in [3.8, 4) is 0 Å². The van der Waals surface area contributed by atoms with E-state index in [4.69, 9.17) is 0 Å². The Hall–Kier alpha value is -1.93. The highest BCUT2D eigenvalue weighted by Gasteiger charge is 2.23. The van der Waals surface area contributed by atoms with Gasteiger partial charge in [-0.05, 0) is 38.5 Å². The Morgan fingerprint density at radius 3 is 2.39 bits per heavy atom. The van der Waals surface area contributed by atoms with Gasteiger partial charge in [0.25, 0.3) is 0 Å². The van der Waals surface area contributed by atoms with E-state index < -0.39 is 10.0 Å². The number of unbranched alkanes of at least 4 members (excludes halogenated alkanes) is 2. The van der Waals surface area contributed by atoms with E-state index in [0.717, 1.165) is 37.1 Å². The molecule has 0 spiro atoms. The molecular formula is C23H38N4O3S. The fourth-order valence-corrected chi connectivity index (χ4v) is 5.37. The van der Waals surface area contributed by atoms with Gasteiger partial charge in [0, 0.05) is 45.6 Å². The molecule has 0 aliphatic rings. The first-order chi connectivity index (χ1) is 14.7. The van der Waals surface area contributed by atoms with Crippen LogP contribution in [0.2, 0.25) is 0 Å². The fraction of sp³-hybridized carbons (Fsp3) is 0.652. The van der Waals surface area contributed by atoms with Crippen molar-refractivity contribution in [1.82, 2.24) is 18.8 Å². The summed E-state index contributed by atoms with van der Waals surface area (Å²) in [6.07, 6.45) is 4.20. The van der Waals surface area contributed by atoms with Crippen LogP contribution in [0.15, 0.2) is 23.1 Å². The zero-order chi connectivity index (χ0) is 23.2. The van der Waals surface area contributed by atoms with Crippen molar-refractivity contribution in [2.75, 3.05) is 19.6 Å². The van der Waals surface area contributed by atoms with E-state index in [2.05, 4.69) is 25.8 Å². The van der Waals surface area contributed by atoms with Crippen molar-refractivity contribution in [3.63, 3.8) is 0 Å². The van der Waals surface area contributed by atoms with Crippen LogP contribution < -0.4 is 0 Å². The van der Waals surface area contributed by atoms with E-state index in [9.17, 15) is 13.2 Å². The summed E-state index contributed by atoms with van der Waals surface area (Å²) in [7, 11) is -1.62. The van der Waals surface area contributed by atoms with Gasteiger partial charge in [0.15, 0.2) is 0 Å². The van der Waals surface area contributed by atoms with Crippen molar-refractivity contribution < 1.29 is 13.2 Å². The maximum atomic E-state index is 12.8. The summed E-state index contributed by atoms with van der Waals surface area (Å²) in [4.78, 5) is 19.7. The lowest BCUT2D eigenvalue weighted by Gasteiger charge is -2.27. The predicted octanol–water partition coefficient (Wildman–Crippen LogP) is 3.96. The molecule has 0 aliphatic heterocycles. The van der Waals surface area contributed by atoms with E-state index >= 15 is 0 Å². The molecule has 0 saturated heterocycles. The van der Waals surface area contributed by atoms with Gasteiger partial charge in [0.2, 0.25) is 15.9 Å². The average Bonchev–Trinajstić information content (AvgIpc) is 3.05. The Morgan fingerprint density at radius 2 is 1.81 bits per heavy atom. The first kappa shape index (κ1) is 25.3. The predicted molar refractivity (Wildman–Crippen MR) is 126 cm³/mol. The van der Waals surface area contributed by atoms with E-state index in [-0.39, 0.29) is 16.8 Å². The second-order valence-electron chi connectivity index (χ2n) is 8.21. The number of hydrogen-bond donors (Lipinski definition) is 0. The molecule has 7 nitrogen and oxygen atoms in total. The molecule has 1 aromatic carbocycles. The van der Waals surface area contributed by atoms with Crippen molar-refractivity contribution in [2.24, 2.45) is 7.05 Å². The van der Waals surface area contributed by atoms with E-state index in [1.165, 1.54) is 4.31 Å². The topological polar surface area (TPSA) is 75.5 Å². The molecule has 0 atom stereocenters. The summed E-state index contributed by atoms with van der Waals surface area (Å²) >= 11 is 0. The summed E-state index contributed by atoms with van der Waals surface area (Å²) < 4.78 is 29.1. The molecule has 0 N–H and O–H groups in total.